The van der Waals surface area contributed by atoms with E-state index in [2.05, 4.69) is 71.2 Å². The van der Waals surface area contributed by atoms with E-state index in [0.717, 1.165) is 25.5 Å². The number of nitrogens with one attached hydrogen (secondary N) is 1. The fraction of sp³-hybridized carbons (Fsp3) is 0.278. The van der Waals surface area contributed by atoms with E-state index in [9.17, 15) is 0 Å². The molecule has 1 heterocycles. The third-order valence-electron chi connectivity index (χ3n) is 3.90. The molecule has 108 valence electrons. The van der Waals surface area contributed by atoms with Gasteiger partial charge in [0.1, 0.15) is 5.82 Å². The van der Waals surface area contributed by atoms with Gasteiger partial charge in [0.05, 0.1) is 5.69 Å². The van der Waals surface area contributed by atoms with Crippen LogP contribution in [0.3, 0.4) is 0 Å². The van der Waals surface area contributed by atoms with Crippen LogP contribution in [0.5, 0.6) is 0 Å². The zero-order valence-electron chi connectivity index (χ0n) is 12.6. The second-order valence-electron chi connectivity index (χ2n) is 5.30. The summed E-state index contributed by atoms with van der Waals surface area (Å²) in [5.41, 5.74) is 2.58. The lowest BCUT2D eigenvalue weighted by Crippen LogP contribution is -2.16. The van der Waals surface area contributed by atoms with Crippen LogP contribution in [0.2, 0.25) is 0 Å². The van der Waals surface area contributed by atoms with Crippen molar-refractivity contribution in [1.29, 1.82) is 0 Å². The predicted molar refractivity (Wildman–Crippen MR) is 87.4 cm³/mol. The lowest BCUT2D eigenvalue weighted by molar-refractivity contribution is 0.648. The molecule has 3 aromatic rings. The highest BCUT2D eigenvalue weighted by Gasteiger charge is 2.08. The molecule has 21 heavy (non-hydrogen) atoms. The molecular formula is C18H21N3. The molecule has 0 aliphatic rings. The van der Waals surface area contributed by atoms with Gasteiger partial charge in [-0.05, 0) is 29.8 Å². The molecule has 2 aromatic carbocycles. The van der Waals surface area contributed by atoms with Gasteiger partial charge in [0.15, 0.2) is 0 Å². The molecule has 0 unspecified atom stereocenters. The largest absolute Gasteiger partial charge is 0.327 e. The minimum absolute atomic E-state index is 0.863. The maximum Gasteiger partial charge on any atom is 0.106 e. The molecule has 3 nitrogen and oxygen atoms in total. The van der Waals surface area contributed by atoms with Crippen molar-refractivity contribution in [3.63, 3.8) is 0 Å². The quantitative estimate of drug-likeness (QED) is 0.774. The Labute approximate surface area is 125 Å². The molecule has 3 heteroatoms. The summed E-state index contributed by atoms with van der Waals surface area (Å²) in [6, 6.07) is 15.1. The number of nitrogens with zero attached hydrogens (tertiary/aromatic N) is 2. The van der Waals surface area contributed by atoms with Crippen LogP contribution in [0.1, 0.15) is 24.0 Å². The van der Waals surface area contributed by atoms with E-state index in [-0.39, 0.29) is 0 Å². The molecule has 0 aliphatic heterocycles. The molecule has 0 radical (unpaired) electrons. The lowest BCUT2D eigenvalue weighted by atomic mass is 10.0. The highest BCUT2D eigenvalue weighted by molar-refractivity contribution is 5.85. The van der Waals surface area contributed by atoms with Gasteiger partial charge in [0.25, 0.3) is 0 Å². The number of hydrogen-bond acceptors (Lipinski definition) is 2. The van der Waals surface area contributed by atoms with Crippen molar-refractivity contribution in [3.05, 3.63) is 65.7 Å². The number of benzene rings is 2. The van der Waals surface area contributed by atoms with Crippen molar-refractivity contribution in [1.82, 2.24) is 14.9 Å². The monoisotopic (exact) mass is 279 g/mol. The fourth-order valence-corrected chi connectivity index (χ4v) is 2.73. The van der Waals surface area contributed by atoms with Crippen molar-refractivity contribution in [3.8, 4) is 0 Å². The van der Waals surface area contributed by atoms with Crippen LogP contribution in [0, 0.1) is 6.92 Å². The minimum atomic E-state index is 0.863. The first-order valence-electron chi connectivity index (χ1n) is 7.48. The average molecular weight is 279 g/mol. The lowest BCUT2D eigenvalue weighted by Gasteiger charge is -2.13. The number of hydrogen-bond donors (Lipinski definition) is 1. The van der Waals surface area contributed by atoms with Crippen LogP contribution in [0.4, 0.5) is 0 Å². The summed E-state index contributed by atoms with van der Waals surface area (Å²) >= 11 is 0. The zero-order chi connectivity index (χ0) is 14.7. The third-order valence-corrected chi connectivity index (χ3v) is 3.90. The summed E-state index contributed by atoms with van der Waals surface area (Å²) < 4.78 is 2.30. The Hall–Kier alpha value is -2.13. The summed E-state index contributed by atoms with van der Waals surface area (Å²) in [5, 5.41) is 5.99. The van der Waals surface area contributed by atoms with Gasteiger partial charge in [-0.2, -0.15) is 0 Å². The van der Waals surface area contributed by atoms with Gasteiger partial charge in [0.2, 0.25) is 0 Å². The summed E-state index contributed by atoms with van der Waals surface area (Å²) in [5.74, 6) is 1.07. The number of aryl methyl sites for hydroxylation is 1. The average Bonchev–Trinajstić information content (AvgIpc) is 2.86. The second-order valence-corrected chi connectivity index (χ2v) is 5.30. The second kappa shape index (κ2) is 6.10. The summed E-state index contributed by atoms with van der Waals surface area (Å²) in [7, 11) is 0. The Morgan fingerprint density at radius 1 is 1.10 bits per heavy atom. The molecule has 0 saturated heterocycles. The SMILES string of the molecule is CCNCc1cnc(C)n1Cc1cccc2ccccc12. The van der Waals surface area contributed by atoms with E-state index in [4.69, 9.17) is 0 Å². The van der Waals surface area contributed by atoms with Crippen molar-refractivity contribution in [2.45, 2.75) is 26.9 Å². The van der Waals surface area contributed by atoms with E-state index >= 15 is 0 Å². The molecule has 0 fully saturated rings. The number of rotatable bonds is 5. The first-order valence-corrected chi connectivity index (χ1v) is 7.48. The predicted octanol–water partition coefficient (Wildman–Crippen LogP) is 3.50. The Kier molecular flexibility index (Phi) is 4.02. The van der Waals surface area contributed by atoms with E-state index in [1.807, 2.05) is 6.20 Å². The van der Waals surface area contributed by atoms with E-state index in [0.29, 0.717) is 0 Å². The molecule has 0 spiro atoms. The van der Waals surface area contributed by atoms with Gasteiger partial charge in [-0.1, -0.05) is 49.4 Å². The van der Waals surface area contributed by atoms with Gasteiger partial charge in [-0.25, -0.2) is 4.98 Å². The summed E-state index contributed by atoms with van der Waals surface area (Å²) in [6.45, 7) is 6.90. The van der Waals surface area contributed by atoms with Gasteiger partial charge in [-0.15, -0.1) is 0 Å². The summed E-state index contributed by atoms with van der Waals surface area (Å²) in [6.07, 6.45) is 1.98. The van der Waals surface area contributed by atoms with E-state index < -0.39 is 0 Å². The Balaban J connectivity index is 1.97. The molecular weight excluding hydrogens is 258 g/mol. The zero-order valence-corrected chi connectivity index (χ0v) is 12.6. The maximum atomic E-state index is 4.47. The summed E-state index contributed by atoms with van der Waals surface area (Å²) in [4.78, 5) is 4.47. The smallest absolute Gasteiger partial charge is 0.106 e. The van der Waals surface area contributed by atoms with Crippen LogP contribution >= 0.6 is 0 Å². The number of fused-ring (bicyclic) bond motifs is 1. The topological polar surface area (TPSA) is 29.9 Å². The van der Waals surface area contributed by atoms with E-state index in [1.54, 1.807) is 0 Å². The highest BCUT2D eigenvalue weighted by atomic mass is 15.1. The third kappa shape index (κ3) is 2.83. The number of imidazole rings is 1. The molecule has 0 atom stereocenters. The van der Waals surface area contributed by atoms with Crippen molar-refractivity contribution < 1.29 is 0 Å². The Morgan fingerprint density at radius 3 is 2.76 bits per heavy atom. The highest BCUT2D eigenvalue weighted by Crippen LogP contribution is 2.20. The maximum absolute atomic E-state index is 4.47. The van der Waals surface area contributed by atoms with Gasteiger partial charge < -0.3 is 9.88 Å². The van der Waals surface area contributed by atoms with Gasteiger partial charge in [0, 0.05) is 19.3 Å². The van der Waals surface area contributed by atoms with Crippen LogP contribution in [-0.2, 0) is 13.1 Å². The van der Waals surface area contributed by atoms with Crippen LogP contribution in [-0.4, -0.2) is 16.1 Å². The van der Waals surface area contributed by atoms with E-state index in [1.165, 1.54) is 22.0 Å². The van der Waals surface area contributed by atoms with Crippen LogP contribution in [0.15, 0.2) is 48.7 Å². The normalized spacial score (nSPS) is 11.1. The first-order chi connectivity index (χ1) is 10.3. The minimum Gasteiger partial charge on any atom is -0.327 e. The Bertz CT molecular complexity index is 738. The molecule has 0 saturated carbocycles. The molecule has 0 amide bonds. The molecule has 0 aliphatic carbocycles. The number of aromatic nitrogens is 2. The molecule has 1 aromatic heterocycles. The van der Waals surface area contributed by atoms with Gasteiger partial charge >= 0.3 is 0 Å². The van der Waals surface area contributed by atoms with Crippen molar-refractivity contribution >= 4 is 10.8 Å². The molecule has 3 rings (SSSR count). The standard InChI is InChI=1S/C18H21N3/c1-3-19-11-17-12-20-14(2)21(17)13-16-9-6-8-15-7-4-5-10-18(15)16/h4-10,12,19H,3,11,13H2,1-2H3. The van der Waals surface area contributed by atoms with Crippen LogP contribution < -0.4 is 5.32 Å². The first kappa shape index (κ1) is 13.8. The molecule has 0 bridgehead atoms. The van der Waals surface area contributed by atoms with Crippen molar-refractivity contribution in [2.24, 2.45) is 0 Å². The fourth-order valence-electron chi connectivity index (χ4n) is 2.73. The van der Waals surface area contributed by atoms with Crippen molar-refractivity contribution in [2.75, 3.05) is 6.54 Å². The van der Waals surface area contributed by atoms with Gasteiger partial charge in [-0.3, -0.25) is 0 Å². The Morgan fingerprint density at radius 2 is 1.90 bits per heavy atom. The van der Waals surface area contributed by atoms with Crippen LogP contribution in [0.25, 0.3) is 10.8 Å². The molecule has 1 N–H and O–H groups in total.